The lowest BCUT2D eigenvalue weighted by atomic mass is 9.88. The molecule has 0 N–H and O–H groups in total. The molecule has 0 bridgehead atoms. The molecule has 27 heavy (non-hydrogen) atoms. The van der Waals surface area contributed by atoms with Crippen LogP contribution in [0.3, 0.4) is 0 Å². The number of halogens is 1. The van der Waals surface area contributed by atoms with Crippen LogP contribution in [0.25, 0.3) is 0 Å². The number of carbonyl (C=O) groups is 1. The van der Waals surface area contributed by atoms with Gasteiger partial charge in [0.15, 0.2) is 0 Å². The van der Waals surface area contributed by atoms with Crippen molar-refractivity contribution in [2.75, 3.05) is 0 Å². The molecule has 2 aromatic carbocycles. The lowest BCUT2D eigenvalue weighted by molar-refractivity contribution is -0.116. The molecule has 2 aromatic rings. The number of rotatable bonds is 5. The van der Waals surface area contributed by atoms with E-state index in [-0.39, 0.29) is 22.3 Å². The van der Waals surface area contributed by atoms with Crippen molar-refractivity contribution in [1.29, 1.82) is 0 Å². The van der Waals surface area contributed by atoms with Gasteiger partial charge in [0, 0.05) is 12.0 Å². The highest BCUT2D eigenvalue weighted by Gasteiger charge is 2.51. The summed E-state index contributed by atoms with van der Waals surface area (Å²) in [6.07, 6.45) is 3.61. The Bertz CT molecular complexity index is 707. The van der Waals surface area contributed by atoms with Crippen molar-refractivity contribution in [3.05, 3.63) is 60.7 Å². The number of carbonyl (C=O) groups excluding carboxylic acids is 1. The van der Waals surface area contributed by atoms with Crippen molar-refractivity contribution in [3.63, 3.8) is 0 Å². The number of benzene rings is 2. The van der Waals surface area contributed by atoms with Crippen LogP contribution >= 0.6 is 11.6 Å². The molecule has 144 valence electrons. The molecule has 0 saturated heterocycles. The van der Waals surface area contributed by atoms with E-state index in [1.54, 1.807) is 0 Å². The Hall–Kier alpha value is -1.42. The van der Waals surface area contributed by atoms with Gasteiger partial charge in [0.2, 0.25) is 5.24 Å². The van der Waals surface area contributed by atoms with E-state index in [4.69, 9.17) is 16.0 Å². The fraction of sp³-hybridized carbons (Fsp3) is 0.435. The molecule has 0 radical (unpaired) electrons. The second kappa shape index (κ2) is 8.30. The van der Waals surface area contributed by atoms with Crippen LogP contribution in [0.4, 0.5) is 0 Å². The molecule has 0 spiro atoms. The minimum Gasteiger partial charge on any atom is -0.404 e. The third kappa shape index (κ3) is 4.21. The first-order chi connectivity index (χ1) is 12.8. The van der Waals surface area contributed by atoms with Crippen LogP contribution in [0.2, 0.25) is 5.04 Å². The van der Waals surface area contributed by atoms with Crippen molar-refractivity contribution < 1.29 is 9.22 Å². The minimum atomic E-state index is -2.50. The molecule has 0 aromatic heterocycles. The fourth-order valence-electron chi connectivity index (χ4n) is 4.35. The first-order valence-electron chi connectivity index (χ1n) is 9.83. The van der Waals surface area contributed by atoms with Crippen LogP contribution in [-0.4, -0.2) is 19.7 Å². The summed E-state index contributed by atoms with van der Waals surface area (Å²) in [7, 11) is -2.50. The average Bonchev–Trinajstić information content (AvgIpc) is 2.67. The van der Waals surface area contributed by atoms with Crippen LogP contribution < -0.4 is 10.4 Å². The van der Waals surface area contributed by atoms with Crippen molar-refractivity contribution in [2.24, 2.45) is 5.92 Å². The number of hydrogen-bond donors (Lipinski definition) is 0. The first-order valence-corrected chi connectivity index (χ1v) is 12.1. The average molecular weight is 401 g/mol. The van der Waals surface area contributed by atoms with E-state index < -0.39 is 8.32 Å². The summed E-state index contributed by atoms with van der Waals surface area (Å²) in [5, 5.41) is 2.40. The van der Waals surface area contributed by atoms with E-state index in [1.807, 2.05) is 0 Å². The molecule has 3 rings (SSSR count). The molecule has 2 nitrogen and oxygen atoms in total. The molecule has 0 amide bonds. The summed E-state index contributed by atoms with van der Waals surface area (Å²) in [6, 6.07) is 21.4. The topological polar surface area (TPSA) is 26.3 Å². The third-order valence-corrected chi connectivity index (χ3v) is 11.2. The highest BCUT2D eigenvalue weighted by Crippen LogP contribution is 2.40. The zero-order chi connectivity index (χ0) is 19.5. The summed E-state index contributed by atoms with van der Waals surface area (Å²) in [4.78, 5) is 11.5. The van der Waals surface area contributed by atoms with Gasteiger partial charge in [-0.25, -0.2) is 0 Å². The van der Waals surface area contributed by atoms with Crippen LogP contribution in [0.15, 0.2) is 60.7 Å². The summed E-state index contributed by atoms with van der Waals surface area (Å²) < 4.78 is 7.13. The predicted octanol–water partition coefficient (Wildman–Crippen LogP) is 4.89. The molecule has 0 aliphatic heterocycles. The van der Waals surface area contributed by atoms with Gasteiger partial charge in [0.1, 0.15) is 0 Å². The van der Waals surface area contributed by atoms with Gasteiger partial charge in [-0.1, -0.05) is 81.4 Å². The molecule has 4 heteroatoms. The lowest BCUT2D eigenvalue weighted by Gasteiger charge is -2.46. The summed E-state index contributed by atoms with van der Waals surface area (Å²) in [6.45, 7) is 6.90. The quantitative estimate of drug-likeness (QED) is 0.527. The Labute approximate surface area is 169 Å². The van der Waals surface area contributed by atoms with Crippen LogP contribution in [-0.2, 0) is 9.22 Å². The van der Waals surface area contributed by atoms with Gasteiger partial charge in [0.25, 0.3) is 8.32 Å². The summed E-state index contributed by atoms with van der Waals surface area (Å²) in [5.74, 6) is -0.00864. The predicted molar refractivity (Wildman–Crippen MR) is 115 cm³/mol. The van der Waals surface area contributed by atoms with E-state index in [1.165, 1.54) is 10.4 Å². The molecule has 1 aliphatic rings. The fourth-order valence-corrected chi connectivity index (χ4v) is 9.32. The summed E-state index contributed by atoms with van der Waals surface area (Å²) >= 11 is 5.73. The third-order valence-electron chi connectivity index (χ3n) is 5.76. The minimum absolute atomic E-state index is 0.00864. The van der Waals surface area contributed by atoms with Gasteiger partial charge in [0.05, 0.1) is 0 Å². The molecular weight excluding hydrogens is 372 g/mol. The lowest BCUT2D eigenvalue weighted by Crippen LogP contribution is -2.67. The molecule has 1 fully saturated rings. The van der Waals surface area contributed by atoms with E-state index in [9.17, 15) is 4.79 Å². The Balaban J connectivity index is 2.01. The maximum atomic E-state index is 11.5. The molecule has 1 saturated carbocycles. The van der Waals surface area contributed by atoms with Gasteiger partial charge in [-0.05, 0) is 52.7 Å². The maximum absolute atomic E-state index is 11.5. The first kappa shape index (κ1) is 20.3. The van der Waals surface area contributed by atoms with Gasteiger partial charge < -0.3 is 4.43 Å². The highest BCUT2D eigenvalue weighted by atomic mass is 35.5. The van der Waals surface area contributed by atoms with Crippen LogP contribution in [0, 0.1) is 5.92 Å². The van der Waals surface area contributed by atoms with E-state index >= 15 is 0 Å². The van der Waals surface area contributed by atoms with Gasteiger partial charge >= 0.3 is 0 Å². The highest BCUT2D eigenvalue weighted by molar-refractivity contribution is 6.99. The van der Waals surface area contributed by atoms with E-state index in [2.05, 4.69) is 81.4 Å². The Morgan fingerprint density at radius 1 is 0.889 bits per heavy atom. The monoisotopic (exact) mass is 400 g/mol. The van der Waals surface area contributed by atoms with E-state index in [0.717, 1.165) is 25.7 Å². The Morgan fingerprint density at radius 3 is 1.70 bits per heavy atom. The van der Waals surface area contributed by atoms with Gasteiger partial charge in [-0.2, -0.15) is 0 Å². The molecular formula is C23H29ClO2Si. The molecule has 0 heterocycles. The number of hydrogen-bond acceptors (Lipinski definition) is 2. The van der Waals surface area contributed by atoms with Crippen molar-refractivity contribution in [1.82, 2.24) is 0 Å². The van der Waals surface area contributed by atoms with Gasteiger partial charge in [-0.15, -0.1) is 0 Å². The Kier molecular flexibility index (Phi) is 6.24. The van der Waals surface area contributed by atoms with E-state index in [0.29, 0.717) is 0 Å². The second-order valence-corrected chi connectivity index (χ2v) is 13.2. The zero-order valence-corrected chi connectivity index (χ0v) is 18.2. The van der Waals surface area contributed by atoms with Crippen molar-refractivity contribution >= 4 is 35.5 Å². The van der Waals surface area contributed by atoms with Crippen LogP contribution in [0.5, 0.6) is 0 Å². The maximum Gasteiger partial charge on any atom is 0.261 e. The summed E-state index contributed by atoms with van der Waals surface area (Å²) in [5.41, 5.74) is 0. The van der Waals surface area contributed by atoms with Crippen molar-refractivity contribution in [2.45, 2.75) is 57.6 Å². The van der Waals surface area contributed by atoms with Gasteiger partial charge in [-0.3, -0.25) is 4.79 Å². The smallest absolute Gasteiger partial charge is 0.261 e. The standard InChI is InChI=1S/C23H29ClO2Si/c1-23(2,3)27(20-10-6-4-7-11-20,21-12-8-5-9-13-21)26-19-16-14-18(15-17-19)22(24)25/h4-13,18-19H,14-17H2,1-3H3/t18-,19+. The zero-order valence-electron chi connectivity index (χ0n) is 16.5. The normalized spacial score (nSPS) is 21.0. The SMILES string of the molecule is CC(C)(C)[Si](O[C@H]1CC[C@@H](C(=O)Cl)CC1)(c1ccccc1)c1ccccc1. The molecule has 0 unspecified atom stereocenters. The largest absolute Gasteiger partial charge is 0.404 e. The van der Waals surface area contributed by atoms with Crippen molar-refractivity contribution in [3.8, 4) is 0 Å². The Morgan fingerprint density at radius 2 is 1.33 bits per heavy atom. The molecule has 0 atom stereocenters. The second-order valence-electron chi connectivity index (χ2n) is 8.56. The van der Waals surface area contributed by atoms with Crippen LogP contribution in [0.1, 0.15) is 46.5 Å². The molecule has 1 aliphatic carbocycles.